The number of morpholine rings is 1. The standard InChI is InChI=1S/C13H18N4O3/c14-12(16-19)11(10-4-2-1-3-5-10)15-13(18)17-6-8-20-9-7-17/h1-5,11,19H,6-9H2,(H2,14,16)(H,15,18). The molecular weight excluding hydrogens is 260 g/mol. The minimum Gasteiger partial charge on any atom is -0.409 e. The quantitative estimate of drug-likeness (QED) is 0.325. The molecule has 1 aliphatic rings. The number of nitrogens with zero attached hydrogens (tertiary/aromatic N) is 2. The Morgan fingerprint density at radius 1 is 1.35 bits per heavy atom. The molecule has 4 N–H and O–H groups in total. The van der Waals surface area contributed by atoms with Gasteiger partial charge in [-0.15, -0.1) is 0 Å². The summed E-state index contributed by atoms with van der Waals surface area (Å²) in [4.78, 5) is 13.8. The van der Waals surface area contributed by atoms with E-state index in [4.69, 9.17) is 15.7 Å². The fourth-order valence-corrected chi connectivity index (χ4v) is 2.01. The third-order valence-corrected chi connectivity index (χ3v) is 3.11. The molecule has 108 valence electrons. The van der Waals surface area contributed by atoms with Crippen LogP contribution in [0.4, 0.5) is 4.79 Å². The number of amidine groups is 1. The highest BCUT2D eigenvalue weighted by Crippen LogP contribution is 2.13. The second kappa shape index (κ2) is 6.76. The van der Waals surface area contributed by atoms with Crippen molar-refractivity contribution in [3.63, 3.8) is 0 Å². The molecule has 7 nitrogen and oxygen atoms in total. The first-order valence-corrected chi connectivity index (χ1v) is 6.38. The van der Waals surface area contributed by atoms with Gasteiger partial charge in [0, 0.05) is 13.1 Å². The first kappa shape index (κ1) is 14.1. The lowest BCUT2D eigenvalue weighted by atomic mass is 10.1. The van der Waals surface area contributed by atoms with Crippen LogP contribution in [0.1, 0.15) is 11.6 Å². The van der Waals surface area contributed by atoms with Gasteiger partial charge in [0.1, 0.15) is 6.04 Å². The fraction of sp³-hybridized carbons (Fsp3) is 0.385. The summed E-state index contributed by atoms with van der Waals surface area (Å²) in [5, 5.41) is 14.6. The van der Waals surface area contributed by atoms with E-state index in [0.717, 1.165) is 5.56 Å². The van der Waals surface area contributed by atoms with Crippen LogP contribution >= 0.6 is 0 Å². The van der Waals surface area contributed by atoms with E-state index in [9.17, 15) is 4.79 Å². The number of nitrogens with two attached hydrogens (primary N) is 1. The van der Waals surface area contributed by atoms with Crippen molar-refractivity contribution in [2.75, 3.05) is 26.3 Å². The Hall–Kier alpha value is -2.28. The van der Waals surface area contributed by atoms with Crippen molar-refractivity contribution in [3.05, 3.63) is 35.9 Å². The number of oxime groups is 1. The number of carbonyl (C=O) groups excluding carboxylic acids is 1. The zero-order valence-electron chi connectivity index (χ0n) is 11.0. The van der Waals surface area contributed by atoms with Crippen molar-refractivity contribution >= 4 is 11.9 Å². The lowest BCUT2D eigenvalue weighted by Crippen LogP contribution is -2.49. The predicted octanol–water partition coefficient (Wildman–Crippen LogP) is 0.516. The number of rotatable bonds is 3. The molecule has 0 aromatic heterocycles. The zero-order chi connectivity index (χ0) is 14.4. The van der Waals surface area contributed by atoms with Crippen LogP contribution in [0.2, 0.25) is 0 Å². The molecule has 1 heterocycles. The van der Waals surface area contributed by atoms with Crippen molar-refractivity contribution in [2.24, 2.45) is 10.9 Å². The number of hydrogen-bond acceptors (Lipinski definition) is 4. The van der Waals surface area contributed by atoms with Gasteiger partial charge in [0.05, 0.1) is 13.2 Å². The number of carbonyl (C=O) groups is 1. The molecule has 1 aromatic rings. The molecule has 20 heavy (non-hydrogen) atoms. The van der Waals surface area contributed by atoms with Crippen LogP contribution in [0.3, 0.4) is 0 Å². The minimum absolute atomic E-state index is 0.0576. The van der Waals surface area contributed by atoms with Crippen LogP contribution in [0.25, 0.3) is 0 Å². The molecule has 2 amide bonds. The predicted molar refractivity (Wildman–Crippen MR) is 73.5 cm³/mol. The van der Waals surface area contributed by atoms with Crippen molar-refractivity contribution in [2.45, 2.75) is 6.04 Å². The summed E-state index contributed by atoms with van der Waals surface area (Å²) in [6.07, 6.45) is 0. The van der Waals surface area contributed by atoms with Crippen molar-refractivity contribution in [1.29, 1.82) is 0 Å². The Balaban J connectivity index is 2.10. The van der Waals surface area contributed by atoms with E-state index < -0.39 is 6.04 Å². The van der Waals surface area contributed by atoms with Crippen LogP contribution < -0.4 is 11.1 Å². The Kier molecular flexibility index (Phi) is 4.78. The molecule has 0 bridgehead atoms. The average molecular weight is 278 g/mol. The number of nitrogens with one attached hydrogen (secondary N) is 1. The van der Waals surface area contributed by atoms with Gasteiger partial charge in [-0.1, -0.05) is 35.5 Å². The lowest BCUT2D eigenvalue weighted by molar-refractivity contribution is 0.0529. The number of hydrogen-bond donors (Lipinski definition) is 3. The van der Waals surface area contributed by atoms with Crippen molar-refractivity contribution in [3.8, 4) is 0 Å². The normalized spacial score (nSPS) is 17.6. The van der Waals surface area contributed by atoms with Crippen molar-refractivity contribution in [1.82, 2.24) is 10.2 Å². The maximum absolute atomic E-state index is 12.2. The second-order valence-corrected chi connectivity index (χ2v) is 4.42. The van der Waals surface area contributed by atoms with Crippen LogP contribution in [-0.4, -0.2) is 48.3 Å². The van der Waals surface area contributed by atoms with E-state index in [1.54, 1.807) is 4.90 Å². The highest BCUT2D eigenvalue weighted by atomic mass is 16.5. The molecule has 1 fully saturated rings. The topological polar surface area (TPSA) is 100 Å². The van der Waals surface area contributed by atoms with Gasteiger partial charge in [0.15, 0.2) is 5.84 Å². The highest BCUT2D eigenvalue weighted by Gasteiger charge is 2.23. The summed E-state index contributed by atoms with van der Waals surface area (Å²) in [6, 6.07) is 8.22. The van der Waals surface area contributed by atoms with Crippen LogP contribution in [-0.2, 0) is 4.74 Å². The molecule has 0 saturated carbocycles. The maximum atomic E-state index is 12.2. The van der Waals surface area contributed by atoms with Crippen LogP contribution in [0.5, 0.6) is 0 Å². The molecule has 0 aliphatic carbocycles. The molecule has 1 aromatic carbocycles. The third kappa shape index (κ3) is 3.39. The Bertz CT molecular complexity index is 472. The molecule has 2 rings (SSSR count). The molecule has 0 spiro atoms. The molecule has 7 heteroatoms. The first-order chi connectivity index (χ1) is 9.72. The van der Waals surface area contributed by atoms with E-state index in [1.165, 1.54) is 0 Å². The summed E-state index contributed by atoms with van der Waals surface area (Å²) >= 11 is 0. The molecular formula is C13H18N4O3. The summed E-state index contributed by atoms with van der Waals surface area (Å²) in [5.41, 5.74) is 6.42. The van der Waals surface area contributed by atoms with Gasteiger partial charge in [-0.05, 0) is 5.56 Å². The smallest absolute Gasteiger partial charge is 0.318 e. The van der Waals surface area contributed by atoms with Crippen LogP contribution in [0.15, 0.2) is 35.5 Å². The highest BCUT2D eigenvalue weighted by molar-refractivity contribution is 5.90. The molecule has 1 unspecified atom stereocenters. The van der Waals surface area contributed by atoms with Crippen molar-refractivity contribution < 1.29 is 14.7 Å². The number of urea groups is 1. The largest absolute Gasteiger partial charge is 0.409 e. The fourth-order valence-electron chi connectivity index (χ4n) is 2.01. The van der Waals surface area contributed by atoms with E-state index in [1.807, 2.05) is 30.3 Å². The Morgan fingerprint density at radius 3 is 2.60 bits per heavy atom. The average Bonchev–Trinajstić information content (AvgIpc) is 2.53. The summed E-state index contributed by atoms with van der Waals surface area (Å²) in [7, 11) is 0. The third-order valence-electron chi connectivity index (χ3n) is 3.11. The molecule has 1 aliphatic heterocycles. The van der Waals surface area contributed by atoms with Gasteiger partial charge in [-0.3, -0.25) is 0 Å². The summed E-state index contributed by atoms with van der Waals surface area (Å²) in [5.74, 6) is -0.0576. The number of amides is 2. The first-order valence-electron chi connectivity index (χ1n) is 6.38. The van der Waals surface area contributed by atoms with Gasteiger partial charge < -0.3 is 25.9 Å². The summed E-state index contributed by atoms with van der Waals surface area (Å²) < 4.78 is 5.20. The molecule has 1 atom stereocenters. The van der Waals surface area contributed by atoms with E-state index >= 15 is 0 Å². The number of ether oxygens (including phenoxy) is 1. The lowest BCUT2D eigenvalue weighted by Gasteiger charge is -2.29. The maximum Gasteiger partial charge on any atom is 0.318 e. The second-order valence-electron chi connectivity index (χ2n) is 4.42. The summed E-state index contributed by atoms with van der Waals surface area (Å²) in [6.45, 7) is 2.10. The van der Waals surface area contributed by atoms with Crippen LogP contribution in [0, 0.1) is 0 Å². The van der Waals surface area contributed by atoms with Gasteiger partial charge in [-0.25, -0.2) is 4.79 Å². The van der Waals surface area contributed by atoms with Gasteiger partial charge in [0.2, 0.25) is 0 Å². The van der Waals surface area contributed by atoms with E-state index in [2.05, 4.69) is 10.5 Å². The minimum atomic E-state index is -0.656. The van der Waals surface area contributed by atoms with Gasteiger partial charge >= 0.3 is 6.03 Å². The Labute approximate surface area is 117 Å². The monoisotopic (exact) mass is 278 g/mol. The number of benzene rings is 1. The van der Waals surface area contributed by atoms with E-state index in [0.29, 0.717) is 26.3 Å². The molecule has 1 saturated heterocycles. The van der Waals surface area contributed by atoms with Gasteiger partial charge in [-0.2, -0.15) is 0 Å². The van der Waals surface area contributed by atoms with Gasteiger partial charge in [0.25, 0.3) is 0 Å². The Morgan fingerprint density at radius 2 is 2.00 bits per heavy atom. The zero-order valence-corrected chi connectivity index (χ0v) is 11.0. The SMILES string of the molecule is NC(=NO)C(NC(=O)N1CCOCC1)c1ccccc1. The molecule has 0 radical (unpaired) electrons. The van der Waals surface area contributed by atoms with E-state index in [-0.39, 0.29) is 11.9 Å².